The maximum absolute atomic E-state index is 5.76. The second-order valence-corrected chi connectivity index (χ2v) is 5.17. The van der Waals surface area contributed by atoms with E-state index in [1.807, 2.05) is 54.6 Å². The fourth-order valence-electron chi connectivity index (χ4n) is 2.31. The van der Waals surface area contributed by atoms with E-state index in [-0.39, 0.29) is 6.29 Å². The van der Waals surface area contributed by atoms with Gasteiger partial charge in [0.15, 0.2) is 6.29 Å². The molecule has 2 aromatic carbocycles. The lowest BCUT2D eigenvalue weighted by atomic mass is 10.2. The van der Waals surface area contributed by atoms with Crippen molar-refractivity contribution in [2.24, 2.45) is 0 Å². The molecule has 3 rings (SSSR count). The van der Waals surface area contributed by atoms with Gasteiger partial charge in [0.05, 0.1) is 6.61 Å². The molecule has 1 aliphatic heterocycles. The third kappa shape index (κ3) is 4.31. The molecule has 0 saturated carbocycles. The van der Waals surface area contributed by atoms with Crippen molar-refractivity contribution in [1.82, 2.24) is 0 Å². The Hall–Kier alpha value is -1.84. The molecule has 0 radical (unpaired) electrons. The fraction of sp³-hybridized carbons (Fsp3) is 0.333. The van der Waals surface area contributed by atoms with Crippen molar-refractivity contribution in [3.05, 3.63) is 60.2 Å². The summed E-state index contributed by atoms with van der Waals surface area (Å²) in [5, 5.41) is 0. The molecule has 110 valence electrons. The van der Waals surface area contributed by atoms with Crippen LogP contribution in [-0.2, 0) is 16.1 Å². The zero-order chi connectivity index (χ0) is 14.3. The van der Waals surface area contributed by atoms with Crippen LogP contribution in [0.2, 0.25) is 0 Å². The van der Waals surface area contributed by atoms with Crippen LogP contribution in [0.1, 0.15) is 24.8 Å². The largest absolute Gasteiger partial charge is 0.457 e. The lowest BCUT2D eigenvalue weighted by Gasteiger charge is -2.22. The summed E-state index contributed by atoms with van der Waals surface area (Å²) in [6.07, 6.45) is 3.29. The van der Waals surface area contributed by atoms with Gasteiger partial charge in [0.2, 0.25) is 0 Å². The predicted octanol–water partition coefficient (Wildman–Crippen LogP) is 4.52. The zero-order valence-electron chi connectivity index (χ0n) is 12.0. The molecule has 21 heavy (non-hydrogen) atoms. The molecule has 1 fully saturated rings. The SMILES string of the molecule is c1ccc(Oc2ccc(CO[C@H]3CCCCO3)cc2)cc1. The Bertz CT molecular complexity index is 530. The highest BCUT2D eigenvalue weighted by atomic mass is 16.7. The maximum atomic E-state index is 5.76. The van der Waals surface area contributed by atoms with Gasteiger partial charge in [-0.25, -0.2) is 0 Å². The second-order valence-electron chi connectivity index (χ2n) is 5.17. The fourth-order valence-corrected chi connectivity index (χ4v) is 2.31. The van der Waals surface area contributed by atoms with Crippen molar-refractivity contribution >= 4 is 0 Å². The van der Waals surface area contributed by atoms with Gasteiger partial charge in [0.1, 0.15) is 11.5 Å². The number of hydrogen-bond donors (Lipinski definition) is 0. The van der Waals surface area contributed by atoms with E-state index in [1.54, 1.807) is 0 Å². The van der Waals surface area contributed by atoms with E-state index in [1.165, 1.54) is 6.42 Å². The summed E-state index contributed by atoms with van der Waals surface area (Å²) in [6, 6.07) is 17.8. The first-order valence-corrected chi connectivity index (χ1v) is 7.45. The zero-order valence-corrected chi connectivity index (χ0v) is 12.0. The molecule has 1 heterocycles. The average molecular weight is 284 g/mol. The van der Waals surface area contributed by atoms with Crippen molar-refractivity contribution in [2.45, 2.75) is 32.2 Å². The van der Waals surface area contributed by atoms with E-state index in [4.69, 9.17) is 14.2 Å². The summed E-state index contributed by atoms with van der Waals surface area (Å²) in [5.74, 6) is 1.68. The Balaban J connectivity index is 1.51. The minimum Gasteiger partial charge on any atom is -0.457 e. The molecule has 1 atom stereocenters. The molecule has 0 spiro atoms. The normalized spacial score (nSPS) is 18.4. The van der Waals surface area contributed by atoms with Gasteiger partial charge in [-0.3, -0.25) is 0 Å². The monoisotopic (exact) mass is 284 g/mol. The Labute approximate surface area is 125 Å². The molecule has 0 amide bonds. The van der Waals surface area contributed by atoms with Gasteiger partial charge in [0, 0.05) is 6.61 Å². The van der Waals surface area contributed by atoms with Gasteiger partial charge in [0.25, 0.3) is 0 Å². The van der Waals surface area contributed by atoms with Gasteiger partial charge in [-0.05, 0) is 49.1 Å². The van der Waals surface area contributed by atoms with Crippen LogP contribution in [0.15, 0.2) is 54.6 Å². The first kappa shape index (κ1) is 14.1. The van der Waals surface area contributed by atoms with Crippen molar-refractivity contribution < 1.29 is 14.2 Å². The van der Waals surface area contributed by atoms with Crippen LogP contribution in [-0.4, -0.2) is 12.9 Å². The highest BCUT2D eigenvalue weighted by Crippen LogP contribution is 2.22. The smallest absolute Gasteiger partial charge is 0.158 e. The van der Waals surface area contributed by atoms with Crippen LogP contribution in [0.5, 0.6) is 11.5 Å². The van der Waals surface area contributed by atoms with Gasteiger partial charge < -0.3 is 14.2 Å². The topological polar surface area (TPSA) is 27.7 Å². The summed E-state index contributed by atoms with van der Waals surface area (Å²) in [6.45, 7) is 1.39. The number of para-hydroxylation sites is 1. The highest BCUT2D eigenvalue weighted by Gasteiger charge is 2.13. The molecular weight excluding hydrogens is 264 g/mol. The summed E-state index contributed by atoms with van der Waals surface area (Å²) in [7, 11) is 0. The van der Waals surface area contributed by atoms with Gasteiger partial charge in [-0.15, -0.1) is 0 Å². The van der Waals surface area contributed by atoms with E-state index in [0.29, 0.717) is 6.61 Å². The first-order chi connectivity index (χ1) is 10.4. The third-order valence-electron chi connectivity index (χ3n) is 3.48. The standard InChI is InChI=1S/C18H20O3/c1-2-6-16(7-3-1)21-17-11-9-15(10-12-17)14-20-18-8-4-5-13-19-18/h1-3,6-7,9-12,18H,4-5,8,13-14H2/t18-/m0/s1. The van der Waals surface area contributed by atoms with Crippen LogP contribution < -0.4 is 4.74 Å². The van der Waals surface area contributed by atoms with Crippen LogP contribution >= 0.6 is 0 Å². The lowest BCUT2D eigenvalue weighted by Crippen LogP contribution is -2.21. The molecule has 0 aromatic heterocycles. The van der Waals surface area contributed by atoms with E-state index in [2.05, 4.69) is 0 Å². The quantitative estimate of drug-likeness (QED) is 0.807. The number of benzene rings is 2. The molecule has 3 nitrogen and oxygen atoms in total. The second kappa shape index (κ2) is 7.25. The van der Waals surface area contributed by atoms with Crippen LogP contribution in [0.25, 0.3) is 0 Å². The predicted molar refractivity (Wildman–Crippen MR) is 81.3 cm³/mol. The molecule has 0 unspecified atom stereocenters. The van der Waals surface area contributed by atoms with E-state index in [9.17, 15) is 0 Å². The maximum Gasteiger partial charge on any atom is 0.158 e. The summed E-state index contributed by atoms with van der Waals surface area (Å²) in [4.78, 5) is 0. The number of rotatable bonds is 5. The molecular formula is C18H20O3. The molecule has 2 aromatic rings. The van der Waals surface area contributed by atoms with Gasteiger partial charge in [-0.2, -0.15) is 0 Å². The molecule has 1 saturated heterocycles. The highest BCUT2D eigenvalue weighted by molar-refractivity contribution is 5.32. The Kier molecular flexibility index (Phi) is 4.87. The number of hydrogen-bond acceptors (Lipinski definition) is 3. The molecule has 3 heteroatoms. The number of ether oxygens (including phenoxy) is 3. The first-order valence-electron chi connectivity index (χ1n) is 7.45. The van der Waals surface area contributed by atoms with Crippen molar-refractivity contribution in [3.63, 3.8) is 0 Å². The van der Waals surface area contributed by atoms with Crippen LogP contribution in [0, 0.1) is 0 Å². The van der Waals surface area contributed by atoms with E-state index >= 15 is 0 Å². The molecule has 0 aliphatic carbocycles. The Morgan fingerprint density at radius 3 is 2.38 bits per heavy atom. The lowest BCUT2D eigenvalue weighted by molar-refractivity contribution is -0.168. The average Bonchev–Trinajstić information content (AvgIpc) is 2.56. The van der Waals surface area contributed by atoms with Gasteiger partial charge in [-0.1, -0.05) is 30.3 Å². The van der Waals surface area contributed by atoms with E-state index in [0.717, 1.165) is 36.5 Å². The summed E-state index contributed by atoms with van der Waals surface area (Å²) < 4.78 is 17.1. The van der Waals surface area contributed by atoms with Crippen LogP contribution in [0.3, 0.4) is 0 Å². The van der Waals surface area contributed by atoms with E-state index < -0.39 is 0 Å². The molecule has 0 N–H and O–H groups in total. The van der Waals surface area contributed by atoms with Crippen molar-refractivity contribution in [1.29, 1.82) is 0 Å². The minimum atomic E-state index is -0.0426. The Morgan fingerprint density at radius 2 is 1.67 bits per heavy atom. The van der Waals surface area contributed by atoms with Crippen molar-refractivity contribution in [3.8, 4) is 11.5 Å². The van der Waals surface area contributed by atoms with Crippen molar-refractivity contribution in [2.75, 3.05) is 6.61 Å². The third-order valence-corrected chi connectivity index (χ3v) is 3.48. The molecule has 1 aliphatic rings. The summed E-state index contributed by atoms with van der Waals surface area (Å²) >= 11 is 0. The Morgan fingerprint density at radius 1 is 0.905 bits per heavy atom. The summed E-state index contributed by atoms with van der Waals surface area (Å²) in [5.41, 5.74) is 1.13. The molecule has 0 bridgehead atoms. The minimum absolute atomic E-state index is 0.0426. The van der Waals surface area contributed by atoms with Crippen LogP contribution in [0.4, 0.5) is 0 Å². The van der Waals surface area contributed by atoms with Gasteiger partial charge >= 0.3 is 0 Å².